The van der Waals surface area contributed by atoms with Crippen molar-refractivity contribution in [2.45, 2.75) is 102 Å². The number of esters is 1. The van der Waals surface area contributed by atoms with E-state index in [0.717, 1.165) is 10.6 Å². The Morgan fingerprint density at radius 1 is 0.951 bits per heavy atom. The van der Waals surface area contributed by atoms with Crippen LogP contribution in [0.2, 0.25) is 22.2 Å². The van der Waals surface area contributed by atoms with Gasteiger partial charge in [-0.3, -0.25) is 14.3 Å². The van der Waals surface area contributed by atoms with Gasteiger partial charge in [0.2, 0.25) is 0 Å². The molecule has 1 aromatic carbocycles. The molecule has 1 aliphatic rings. The molecular formula is C28H44N2O9Si2. The zero-order chi connectivity index (χ0) is 30.7. The van der Waals surface area contributed by atoms with Gasteiger partial charge < -0.3 is 27.9 Å². The minimum Gasteiger partial charge on any atom is -0.451 e. The van der Waals surface area contributed by atoms with E-state index in [-0.39, 0.29) is 27.7 Å². The molecule has 1 saturated heterocycles. The third-order valence-electron chi connectivity index (χ3n) is 7.75. The first kappa shape index (κ1) is 33.1. The minimum absolute atomic E-state index is 0.136. The first-order valence-electron chi connectivity index (χ1n) is 14.1. The number of nitrogens with one attached hydrogen (secondary N) is 1. The largest absolute Gasteiger partial charge is 0.451 e. The molecule has 0 aliphatic carbocycles. The number of benzene rings is 1. The van der Waals surface area contributed by atoms with E-state index in [1.165, 1.54) is 6.20 Å². The number of aromatic nitrogens is 2. The summed E-state index contributed by atoms with van der Waals surface area (Å²) < 4.78 is 27.0. The van der Waals surface area contributed by atoms with E-state index >= 15 is 0 Å². The second-order valence-electron chi connectivity index (χ2n) is 11.8. The quantitative estimate of drug-likeness (QED) is 0.243. The fourth-order valence-electron chi connectivity index (χ4n) is 5.31. The molecule has 1 aliphatic heterocycles. The third-order valence-corrected chi connectivity index (χ3v) is 17.5. The standard InChI is InChI=1S/C28H44N2O9Si2/c1-17(2)40(35,18(3)4)39-41(19(5)6,20(7)8)38-24-22(16-31)36-26(30-15-14-23(32)29-28(30)34)25(24)37-27(33)21-12-10-9-11-13-21/h9-15,17-20,22,24-26,31,35H,16H2,1-8H3,(H,29,32,34)/t22-,24-,25-,26-/m1/s1. The lowest BCUT2D eigenvalue weighted by molar-refractivity contribution is -0.0603. The summed E-state index contributed by atoms with van der Waals surface area (Å²) in [7, 11) is -6.72. The second-order valence-corrected chi connectivity index (χ2v) is 20.4. The Morgan fingerprint density at radius 3 is 2.02 bits per heavy atom. The Kier molecular flexibility index (Phi) is 10.7. The summed E-state index contributed by atoms with van der Waals surface area (Å²) in [6.07, 6.45) is -3.23. The van der Waals surface area contributed by atoms with Gasteiger partial charge in [0.1, 0.15) is 12.2 Å². The molecule has 2 aromatic rings. The molecule has 4 atom stereocenters. The van der Waals surface area contributed by atoms with Gasteiger partial charge in [-0.2, -0.15) is 0 Å². The number of H-pyrrole nitrogens is 1. The summed E-state index contributed by atoms with van der Waals surface area (Å²) in [6.45, 7) is 15.1. The van der Waals surface area contributed by atoms with Gasteiger partial charge in [-0.05, 0) is 34.3 Å². The maximum Gasteiger partial charge on any atom is 0.338 e. The molecule has 2 heterocycles. The molecule has 3 N–H and O–H groups in total. The van der Waals surface area contributed by atoms with Gasteiger partial charge in [0, 0.05) is 12.3 Å². The molecule has 1 fully saturated rings. The zero-order valence-corrected chi connectivity index (χ0v) is 27.1. The molecule has 13 heteroatoms. The number of carbonyl (C=O) groups is 1. The van der Waals surface area contributed by atoms with Crippen LogP contribution in [0.15, 0.2) is 52.2 Å². The third kappa shape index (κ3) is 6.82. The lowest BCUT2D eigenvalue weighted by Crippen LogP contribution is -2.62. The Morgan fingerprint density at radius 2 is 1.54 bits per heavy atom. The summed E-state index contributed by atoms with van der Waals surface area (Å²) in [5.41, 5.74) is -1.67. The summed E-state index contributed by atoms with van der Waals surface area (Å²) in [6, 6.07) is 9.51. The molecule has 3 rings (SSSR count). The van der Waals surface area contributed by atoms with Crippen LogP contribution in [-0.2, 0) is 18.0 Å². The van der Waals surface area contributed by atoms with Crippen LogP contribution in [0, 0.1) is 0 Å². The number of aliphatic hydroxyl groups is 1. The molecule has 0 spiro atoms. The van der Waals surface area contributed by atoms with Gasteiger partial charge in [0.25, 0.3) is 5.56 Å². The van der Waals surface area contributed by atoms with Crippen molar-refractivity contribution in [2.75, 3.05) is 6.61 Å². The van der Waals surface area contributed by atoms with Crippen LogP contribution < -0.4 is 11.2 Å². The van der Waals surface area contributed by atoms with Crippen molar-refractivity contribution in [1.82, 2.24) is 9.55 Å². The SMILES string of the molecule is CC(C)[Si](O)(O[Si](O[C@H]1[C@@H](OC(=O)c2ccccc2)[C@H](n2ccc(=O)[nH]c2=O)O[C@@H]1CO)(C(C)C)C(C)C)C(C)C. The Hall–Kier alpha value is -2.40. The van der Waals surface area contributed by atoms with E-state index in [0.29, 0.717) is 0 Å². The van der Waals surface area contributed by atoms with Crippen molar-refractivity contribution in [1.29, 1.82) is 0 Å². The first-order valence-corrected chi connectivity index (χ1v) is 18.1. The topological polar surface area (TPSA) is 149 Å². The highest BCUT2D eigenvalue weighted by molar-refractivity contribution is 6.83. The zero-order valence-electron chi connectivity index (χ0n) is 25.1. The first-order chi connectivity index (χ1) is 19.2. The predicted octanol–water partition coefficient (Wildman–Crippen LogP) is 3.57. The monoisotopic (exact) mass is 608 g/mol. The molecule has 0 saturated carbocycles. The average Bonchev–Trinajstić information content (AvgIpc) is 3.24. The predicted molar refractivity (Wildman–Crippen MR) is 158 cm³/mol. The van der Waals surface area contributed by atoms with Crippen molar-refractivity contribution >= 4 is 23.1 Å². The van der Waals surface area contributed by atoms with Crippen LogP contribution in [0.5, 0.6) is 0 Å². The lowest BCUT2D eigenvalue weighted by Gasteiger charge is -2.47. The number of ether oxygens (including phenoxy) is 2. The number of aliphatic hydroxyl groups excluding tert-OH is 1. The minimum atomic E-state index is -3.38. The highest BCUT2D eigenvalue weighted by Crippen LogP contribution is 2.45. The van der Waals surface area contributed by atoms with E-state index < -0.39 is 65.5 Å². The van der Waals surface area contributed by atoms with Gasteiger partial charge in [-0.1, -0.05) is 73.6 Å². The summed E-state index contributed by atoms with van der Waals surface area (Å²) >= 11 is 0. The number of rotatable bonds is 12. The number of hydrogen-bond donors (Lipinski definition) is 3. The van der Waals surface area contributed by atoms with Gasteiger partial charge in [-0.15, -0.1) is 0 Å². The van der Waals surface area contributed by atoms with Crippen molar-refractivity contribution in [2.24, 2.45) is 0 Å². The van der Waals surface area contributed by atoms with Crippen LogP contribution in [-0.4, -0.2) is 67.5 Å². The van der Waals surface area contributed by atoms with Crippen LogP contribution >= 0.6 is 0 Å². The number of hydrogen-bond acceptors (Lipinski definition) is 9. The molecular weight excluding hydrogens is 564 g/mol. The molecule has 11 nitrogen and oxygen atoms in total. The van der Waals surface area contributed by atoms with Crippen molar-refractivity contribution in [3.63, 3.8) is 0 Å². The second kappa shape index (κ2) is 13.3. The maximum atomic E-state index is 13.3. The molecule has 228 valence electrons. The van der Waals surface area contributed by atoms with Crippen molar-refractivity contribution in [3.8, 4) is 0 Å². The lowest BCUT2D eigenvalue weighted by atomic mass is 10.1. The fraction of sp³-hybridized carbons (Fsp3) is 0.607. The molecule has 41 heavy (non-hydrogen) atoms. The summed E-state index contributed by atoms with van der Waals surface area (Å²) in [5.74, 6) is -0.675. The average molecular weight is 609 g/mol. The summed E-state index contributed by atoms with van der Waals surface area (Å²) in [4.78, 5) is 52.0. The molecule has 1 aromatic heterocycles. The molecule has 0 amide bonds. The van der Waals surface area contributed by atoms with Crippen LogP contribution in [0.25, 0.3) is 0 Å². The Labute approximate surface area is 242 Å². The maximum absolute atomic E-state index is 13.3. The fourth-order valence-corrected chi connectivity index (χ4v) is 15.2. The smallest absolute Gasteiger partial charge is 0.338 e. The van der Waals surface area contributed by atoms with Crippen molar-refractivity contribution < 1.29 is 32.7 Å². The van der Waals surface area contributed by atoms with Gasteiger partial charge in [0.15, 0.2) is 12.3 Å². The van der Waals surface area contributed by atoms with E-state index in [1.54, 1.807) is 30.3 Å². The van der Waals surface area contributed by atoms with Crippen LogP contribution in [0.4, 0.5) is 0 Å². The van der Waals surface area contributed by atoms with Gasteiger partial charge >= 0.3 is 28.8 Å². The molecule has 0 radical (unpaired) electrons. The normalized spacial score (nSPS) is 21.8. The van der Waals surface area contributed by atoms with Crippen LogP contribution in [0.1, 0.15) is 72.0 Å². The highest BCUT2D eigenvalue weighted by Gasteiger charge is 2.59. The van der Waals surface area contributed by atoms with E-state index in [1.807, 2.05) is 55.4 Å². The van der Waals surface area contributed by atoms with Crippen molar-refractivity contribution in [3.05, 3.63) is 69.0 Å². The Balaban J connectivity index is 2.15. The number of carbonyl (C=O) groups excluding carboxylic acids is 1. The Bertz CT molecular complexity index is 1260. The number of aromatic amines is 1. The van der Waals surface area contributed by atoms with Gasteiger partial charge in [-0.25, -0.2) is 9.59 Å². The van der Waals surface area contributed by atoms with E-state index in [4.69, 9.17) is 18.0 Å². The van der Waals surface area contributed by atoms with Crippen LogP contribution in [0.3, 0.4) is 0 Å². The molecule has 0 unspecified atom stereocenters. The van der Waals surface area contributed by atoms with E-state index in [2.05, 4.69) is 4.98 Å². The highest BCUT2D eigenvalue weighted by atomic mass is 28.5. The van der Waals surface area contributed by atoms with Gasteiger partial charge in [0.05, 0.1) is 12.2 Å². The number of nitrogens with zero attached hydrogens (tertiary/aromatic N) is 1. The summed E-state index contributed by atoms with van der Waals surface area (Å²) in [5, 5.41) is 10.4. The van der Waals surface area contributed by atoms with E-state index in [9.17, 15) is 24.3 Å². The molecule has 0 bridgehead atoms.